The third-order valence-electron chi connectivity index (χ3n) is 5.20. The van der Waals surface area contributed by atoms with Gasteiger partial charge in [0.25, 0.3) is 0 Å². The summed E-state index contributed by atoms with van der Waals surface area (Å²) in [6, 6.07) is 26.3. The highest BCUT2D eigenvalue weighted by atomic mass is 32.2. The number of benzene rings is 3. The molecule has 0 spiro atoms. The Hall–Kier alpha value is -3.45. The molecular weight excluding hydrogens is 420 g/mol. The summed E-state index contributed by atoms with van der Waals surface area (Å²) in [5.74, 6) is 3.36. The van der Waals surface area contributed by atoms with Crippen molar-refractivity contribution in [3.8, 4) is 11.5 Å². The van der Waals surface area contributed by atoms with E-state index in [4.69, 9.17) is 9.47 Å². The van der Waals surface area contributed by atoms with Crippen molar-refractivity contribution in [2.24, 2.45) is 0 Å². The van der Waals surface area contributed by atoms with E-state index < -0.39 is 0 Å². The molecule has 7 heteroatoms. The fraction of sp³-hybridized carbons (Fsp3) is 0.200. The van der Waals surface area contributed by atoms with Crippen LogP contribution in [-0.4, -0.2) is 38.1 Å². The van der Waals surface area contributed by atoms with E-state index in [1.807, 2.05) is 54.6 Å². The lowest BCUT2D eigenvalue weighted by Gasteiger charge is -2.08. The van der Waals surface area contributed by atoms with E-state index in [2.05, 4.69) is 50.4 Å². The average Bonchev–Trinajstić information content (AvgIpc) is 3.38. The summed E-state index contributed by atoms with van der Waals surface area (Å²) < 4.78 is 16.1. The molecule has 2 heterocycles. The third-order valence-corrected chi connectivity index (χ3v) is 6.10. The van der Waals surface area contributed by atoms with Crippen molar-refractivity contribution < 1.29 is 9.47 Å². The molecule has 0 amide bonds. The van der Waals surface area contributed by atoms with Crippen LogP contribution in [0.2, 0.25) is 0 Å². The first-order chi connectivity index (χ1) is 15.8. The van der Waals surface area contributed by atoms with Gasteiger partial charge in [-0.3, -0.25) is 4.40 Å². The second-order valence-electron chi connectivity index (χ2n) is 7.43. The molecule has 3 aromatic carbocycles. The number of ether oxygens (including phenoxy) is 2. The molecule has 0 aliphatic heterocycles. The van der Waals surface area contributed by atoms with Crippen molar-refractivity contribution in [3.05, 3.63) is 84.4 Å². The molecular formula is C25H24N4O2S. The molecule has 0 N–H and O–H groups in total. The van der Waals surface area contributed by atoms with Crippen molar-refractivity contribution in [2.45, 2.75) is 18.6 Å². The third kappa shape index (κ3) is 4.29. The van der Waals surface area contributed by atoms with Crippen molar-refractivity contribution >= 4 is 28.6 Å². The quantitative estimate of drug-likeness (QED) is 0.230. The molecule has 0 saturated heterocycles. The fourth-order valence-corrected chi connectivity index (χ4v) is 4.41. The van der Waals surface area contributed by atoms with Gasteiger partial charge in [-0.2, -0.15) is 0 Å². The molecule has 0 aliphatic carbocycles. The van der Waals surface area contributed by atoms with E-state index in [0.29, 0.717) is 19.8 Å². The molecule has 0 bridgehead atoms. The largest absolute Gasteiger partial charge is 0.493 e. The highest BCUT2D eigenvalue weighted by Gasteiger charge is 2.17. The van der Waals surface area contributed by atoms with E-state index in [-0.39, 0.29) is 0 Å². The van der Waals surface area contributed by atoms with E-state index in [0.717, 1.165) is 39.2 Å². The number of rotatable bonds is 9. The Bertz CT molecular complexity index is 1310. The Labute approximate surface area is 190 Å². The Morgan fingerprint density at radius 1 is 0.750 bits per heavy atom. The molecule has 2 aromatic heterocycles. The molecule has 162 valence electrons. The summed E-state index contributed by atoms with van der Waals surface area (Å²) in [6.45, 7) is 3.91. The topological polar surface area (TPSA) is 53.6 Å². The molecule has 0 aliphatic rings. The van der Waals surface area contributed by atoms with Crippen LogP contribution in [0.1, 0.15) is 5.56 Å². The van der Waals surface area contributed by atoms with Crippen LogP contribution < -0.4 is 9.47 Å². The average molecular weight is 445 g/mol. The second-order valence-corrected chi connectivity index (χ2v) is 8.49. The summed E-state index contributed by atoms with van der Waals surface area (Å²) in [7, 11) is 0. The van der Waals surface area contributed by atoms with Gasteiger partial charge in [-0.05, 0) is 43.3 Å². The molecule has 0 unspecified atom stereocenters. The van der Waals surface area contributed by atoms with Crippen molar-refractivity contribution in [2.75, 3.05) is 19.0 Å². The number of hydrogen-bond donors (Lipinski definition) is 0. The van der Waals surface area contributed by atoms with Gasteiger partial charge in [0.15, 0.2) is 5.16 Å². The maximum atomic E-state index is 5.96. The number of nitrogens with zero attached hydrogens (tertiary/aromatic N) is 4. The predicted molar refractivity (Wildman–Crippen MR) is 128 cm³/mol. The molecule has 6 nitrogen and oxygen atoms in total. The number of thioether (sulfide) groups is 1. The molecule has 5 rings (SSSR count). The number of para-hydroxylation sites is 3. The summed E-state index contributed by atoms with van der Waals surface area (Å²) in [5.41, 5.74) is 3.43. The van der Waals surface area contributed by atoms with Gasteiger partial charge in [0.2, 0.25) is 5.78 Å². The van der Waals surface area contributed by atoms with Crippen molar-refractivity contribution in [1.82, 2.24) is 19.2 Å². The number of imidazole rings is 1. The zero-order chi connectivity index (χ0) is 21.8. The normalized spacial score (nSPS) is 11.3. The van der Waals surface area contributed by atoms with Gasteiger partial charge in [0.1, 0.15) is 18.1 Å². The minimum atomic E-state index is 0.553. The lowest BCUT2D eigenvalue weighted by molar-refractivity contribution is 0.301. The van der Waals surface area contributed by atoms with Gasteiger partial charge in [0.05, 0.1) is 24.2 Å². The lowest BCUT2D eigenvalue weighted by atomic mass is 10.2. The zero-order valence-electron chi connectivity index (χ0n) is 17.8. The van der Waals surface area contributed by atoms with Gasteiger partial charge in [-0.25, -0.2) is 0 Å². The van der Waals surface area contributed by atoms with Crippen molar-refractivity contribution in [1.29, 1.82) is 0 Å². The standard InChI is InChI=1S/C25H24N4O2S/c1-19-11-13-21(14-12-19)30-16-15-28-22-9-5-6-10-23(22)29-24(28)26-27-25(29)32-18-17-31-20-7-3-2-4-8-20/h2-14H,15-18H2,1H3. The number of hydrogen-bond acceptors (Lipinski definition) is 5. The smallest absolute Gasteiger partial charge is 0.237 e. The zero-order valence-corrected chi connectivity index (χ0v) is 18.7. The van der Waals surface area contributed by atoms with Gasteiger partial charge >= 0.3 is 0 Å². The van der Waals surface area contributed by atoms with Gasteiger partial charge in [-0.1, -0.05) is 59.8 Å². The van der Waals surface area contributed by atoms with Crippen LogP contribution in [-0.2, 0) is 6.54 Å². The highest BCUT2D eigenvalue weighted by Crippen LogP contribution is 2.26. The molecule has 5 aromatic rings. The number of aryl methyl sites for hydroxylation is 1. The number of fused-ring (bicyclic) bond motifs is 3. The van der Waals surface area contributed by atoms with Crippen LogP contribution in [0.3, 0.4) is 0 Å². The minimum absolute atomic E-state index is 0.553. The van der Waals surface area contributed by atoms with Gasteiger partial charge in [0, 0.05) is 5.75 Å². The van der Waals surface area contributed by atoms with Crippen LogP contribution in [0.5, 0.6) is 11.5 Å². The van der Waals surface area contributed by atoms with E-state index in [1.165, 1.54) is 5.56 Å². The van der Waals surface area contributed by atoms with Crippen LogP contribution >= 0.6 is 11.8 Å². The maximum absolute atomic E-state index is 5.96. The minimum Gasteiger partial charge on any atom is -0.493 e. The molecule has 0 fully saturated rings. The fourth-order valence-electron chi connectivity index (χ4n) is 3.65. The Kier molecular flexibility index (Phi) is 5.98. The Morgan fingerprint density at radius 3 is 2.25 bits per heavy atom. The lowest BCUT2D eigenvalue weighted by Crippen LogP contribution is -2.08. The van der Waals surface area contributed by atoms with Crippen LogP contribution in [0, 0.1) is 6.92 Å². The van der Waals surface area contributed by atoms with Gasteiger partial charge in [-0.15, -0.1) is 10.2 Å². The van der Waals surface area contributed by atoms with Crippen LogP contribution in [0.15, 0.2) is 84.0 Å². The molecule has 0 radical (unpaired) electrons. The highest BCUT2D eigenvalue weighted by molar-refractivity contribution is 7.99. The van der Waals surface area contributed by atoms with Crippen LogP contribution in [0.25, 0.3) is 16.8 Å². The molecule has 0 atom stereocenters. The SMILES string of the molecule is Cc1ccc(OCCn2c3ccccc3n3c(SCCOc4ccccc4)nnc23)cc1. The first kappa shape index (κ1) is 20.5. The van der Waals surface area contributed by atoms with Crippen molar-refractivity contribution in [3.63, 3.8) is 0 Å². The second kappa shape index (κ2) is 9.36. The number of aromatic nitrogens is 4. The van der Waals surface area contributed by atoms with Gasteiger partial charge < -0.3 is 14.0 Å². The summed E-state index contributed by atoms with van der Waals surface area (Å²) >= 11 is 1.65. The maximum Gasteiger partial charge on any atom is 0.237 e. The molecule has 0 saturated carbocycles. The van der Waals surface area contributed by atoms with E-state index in [9.17, 15) is 0 Å². The Morgan fingerprint density at radius 2 is 1.44 bits per heavy atom. The monoisotopic (exact) mass is 444 g/mol. The first-order valence-electron chi connectivity index (χ1n) is 10.6. The summed E-state index contributed by atoms with van der Waals surface area (Å²) in [5, 5.41) is 9.80. The first-order valence-corrected chi connectivity index (χ1v) is 11.6. The summed E-state index contributed by atoms with van der Waals surface area (Å²) in [4.78, 5) is 0. The van der Waals surface area contributed by atoms with Crippen LogP contribution in [0.4, 0.5) is 0 Å². The Balaban J connectivity index is 1.31. The van der Waals surface area contributed by atoms with E-state index >= 15 is 0 Å². The molecule has 32 heavy (non-hydrogen) atoms. The predicted octanol–water partition coefficient (Wildman–Crippen LogP) is 5.24. The summed E-state index contributed by atoms with van der Waals surface area (Å²) in [6.07, 6.45) is 0. The van der Waals surface area contributed by atoms with E-state index in [1.54, 1.807) is 11.8 Å².